The molecule has 1 aromatic heterocycles. The van der Waals surface area contributed by atoms with Gasteiger partial charge in [0.2, 0.25) is 0 Å². The van der Waals surface area contributed by atoms with Crippen LogP contribution in [0.4, 0.5) is 0 Å². The van der Waals surface area contributed by atoms with Crippen LogP contribution in [0, 0.1) is 0 Å². The number of pyridine rings is 1. The highest BCUT2D eigenvalue weighted by atomic mass is 79.9. The third-order valence-electron chi connectivity index (χ3n) is 3.88. The molecule has 0 aromatic carbocycles. The van der Waals surface area contributed by atoms with E-state index >= 15 is 0 Å². The Kier molecular flexibility index (Phi) is 5.79. The second kappa shape index (κ2) is 7.36. The van der Waals surface area contributed by atoms with Crippen molar-refractivity contribution in [3.8, 4) is 0 Å². The van der Waals surface area contributed by atoms with Crippen LogP contribution in [-0.2, 0) is 6.54 Å². The fourth-order valence-corrected chi connectivity index (χ4v) is 2.96. The standard InChI is InChI=1S/C15H24BrN3/c1-3-5-15-9-18-13(4-2)10-19(15)11-14-7-6-12(16)8-17-14/h6-8,13,15,18H,3-5,9-11H2,1-2H3. The maximum atomic E-state index is 4.51. The van der Waals surface area contributed by atoms with Crippen LogP contribution < -0.4 is 5.32 Å². The fourth-order valence-electron chi connectivity index (χ4n) is 2.72. The summed E-state index contributed by atoms with van der Waals surface area (Å²) in [6.45, 7) is 7.74. The van der Waals surface area contributed by atoms with Crippen molar-refractivity contribution in [3.63, 3.8) is 0 Å². The van der Waals surface area contributed by atoms with E-state index in [1.54, 1.807) is 0 Å². The van der Waals surface area contributed by atoms with E-state index in [1.807, 2.05) is 6.20 Å². The van der Waals surface area contributed by atoms with Gasteiger partial charge in [0.1, 0.15) is 0 Å². The van der Waals surface area contributed by atoms with Crippen LogP contribution in [-0.4, -0.2) is 35.1 Å². The molecule has 1 saturated heterocycles. The summed E-state index contributed by atoms with van der Waals surface area (Å²) >= 11 is 3.44. The van der Waals surface area contributed by atoms with Crippen LogP contribution in [0.2, 0.25) is 0 Å². The first-order chi connectivity index (χ1) is 9.22. The van der Waals surface area contributed by atoms with Gasteiger partial charge in [-0.25, -0.2) is 0 Å². The van der Waals surface area contributed by atoms with Gasteiger partial charge in [-0.2, -0.15) is 0 Å². The van der Waals surface area contributed by atoms with Crippen molar-refractivity contribution in [1.82, 2.24) is 15.2 Å². The highest BCUT2D eigenvalue weighted by molar-refractivity contribution is 9.10. The van der Waals surface area contributed by atoms with Gasteiger partial charge in [-0.3, -0.25) is 9.88 Å². The molecular weight excluding hydrogens is 302 g/mol. The number of piperazine rings is 1. The molecule has 1 aliphatic rings. The van der Waals surface area contributed by atoms with Gasteiger partial charge >= 0.3 is 0 Å². The lowest BCUT2D eigenvalue weighted by atomic mass is 10.0. The lowest BCUT2D eigenvalue weighted by Gasteiger charge is -2.40. The van der Waals surface area contributed by atoms with E-state index in [9.17, 15) is 0 Å². The molecule has 1 fully saturated rings. The Labute approximate surface area is 124 Å². The Morgan fingerprint density at radius 3 is 2.89 bits per heavy atom. The van der Waals surface area contributed by atoms with E-state index < -0.39 is 0 Å². The summed E-state index contributed by atoms with van der Waals surface area (Å²) in [6, 6.07) is 5.48. The predicted molar refractivity (Wildman–Crippen MR) is 83.1 cm³/mol. The molecule has 0 aliphatic carbocycles. The second-order valence-corrected chi connectivity index (χ2v) is 6.27. The number of nitrogens with one attached hydrogen (secondary N) is 1. The quantitative estimate of drug-likeness (QED) is 0.901. The molecule has 19 heavy (non-hydrogen) atoms. The first kappa shape index (κ1) is 14.9. The molecule has 1 aromatic rings. The van der Waals surface area contributed by atoms with Crippen LogP contribution in [0.3, 0.4) is 0 Å². The van der Waals surface area contributed by atoms with Gasteiger partial charge in [0.25, 0.3) is 0 Å². The lowest BCUT2D eigenvalue weighted by Crippen LogP contribution is -2.55. The molecule has 2 heterocycles. The molecule has 0 radical (unpaired) electrons. The van der Waals surface area contributed by atoms with Crippen molar-refractivity contribution < 1.29 is 0 Å². The minimum atomic E-state index is 0.628. The fraction of sp³-hybridized carbons (Fsp3) is 0.667. The summed E-state index contributed by atoms with van der Waals surface area (Å²) in [7, 11) is 0. The smallest absolute Gasteiger partial charge is 0.0544 e. The largest absolute Gasteiger partial charge is 0.311 e. The monoisotopic (exact) mass is 325 g/mol. The number of aromatic nitrogens is 1. The summed E-state index contributed by atoms with van der Waals surface area (Å²) < 4.78 is 1.05. The van der Waals surface area contributed by atoms with Crippen molar-refractivity contribution in [3.05, 3.63) is 28.5 Å². The third-order valence-corrected chi connectivity index (χ3v) is 4.35. The van der Waals surface area contributed by atoms with Crippen LogP contribution in [0.15, 0.2) is 22.8 Å². The highest BCUT2D eigenvalue weighted by Gasteiger charge is 2.26. The first-order valence-corrected chi connectivity index (χ1v) is 8.10. The van der Waals surface area contributed by atoms with Crippen molar-refractivity contribution >= 4 is 15.9 Å². The molecule has 2 unspecified atom stereocenters. The number of rotatable bonds is 5. The van der Waals surface area contributed by atoms with Crippen LogP contribution in [0.1, 0.15) is 38.8 Å². The van der Waals surface area contributed by atoms with E-state index in [0.717, 1.165) is 24.1 Å². The van der Waals surface area contributed by atoms with Crippen molar-refractivity contribution in [2.24, 2.45) is 0 Å². The molecule has 0 amide bonds. The van der Waals surface area contributed by atoms with Crippen molar-refractivity contribution in [2.45, 2.75) is 51.7 Å². The predicted octanol–water partition coefficient (Wildman–Crippen LogP) is 3.20. The van der Waals surface area contributed by atoms with Crippen molar-refractivity contribution in [1.29, 1.82) is 0 Å². The Morgan fingerprint density at radius 2 is 2.26 bits per heavy atom. The minimum absolute atomic E-state index is 0.628. The molecule has 106 valence electrons. The van der Waals surface area contributed by atoms with E-state index in [-0.39, 0.29) is 0 Å². The van der Waals surface area contributed by atoms with Gasteiger partial charge < -0.3 is 5.32 Å². The molecule has 4 heteroatoms. The molecule has 3 nitrogen and oxygen atoms in total. The summed E-state index contributed by atoms with van der Waals surface area (Å²) in [5, 5.41) is 3.66. The number of hydrogen-bond acceptors (Lipinski definition) is 3. The summed E-state index contributed by atoms with van der Waals surface area (Å²) in [4.78, 5) is 7.11. The Morgan fingerprint density at radius 1 is 1.42 bits per heavy atom. The number of hydrogen-bond donors (Lipinski definition) is 1. The molecule has 1 N–H and O–H groups in total. The van der Waals surface area contributed by atoms with E-state index in [2.05, 4.69) is 57.1 Å². The molecule has 2 rings (SSSR count). The van der Waals surface area contributed by atoms with E-state index in [1.165, 1.54) is 25.0 Å². The zero-order valence-corrected chi connectivity index (χ0v) is 13.5. The molecular formula is C15H24BrN3. The third kappa shape index (κ3) is 4.26. The SMILES string of the molecule is CCCC1CNC(CC)CN1Cc1ccc(Br)cn1. The molecule has 0 spiro atoms. The molecule has 2 atom stereocenters. The van der Waals surface area contributed by atoms with E-state index in [0.29, 0.717) is 12.1 Å². The van der Waals surface area contributed by atoms with Gasteiger partial charge in [-0.1, -0.05) is 20.3 Å². The lowest BCUT2D eigenvalue weighted by molar-refractivity contribution is 0.112. The Hall–Kier alpha value is -0.450. The van der Waals surface area contributed by atoms with Gasteiger partial charge in [0, 0.05) is 42.4 Å². The van der Waals surface area contributed by atoms with Gasteiger partial charge in [-0.15, -0.1) is 0 Å². The summed E-state index contributed by atoms with van der Waals surface area (Å²) in [5.41, 5.74) is 1.17. The molecule has 0 bridgehead atoms. The number of nitrogens with zero attached hydrogens (tertiary/aromatic N) is 2. The second-order valence-electron chi connectivity index (χ2n) is 5.35. The Balaban J connectivity index is 2.02. The van der Waals surface area contributed by atoms with E-state index in [4.69, 9.17) is 0 Å². The molecule has 1 aliphatic heterocycles. The normalized spacial score (nSPS) is 24.6. The van der Waals surface area contributed by atoms with Gasteiger partial charge in [0.15, 0.2) is 0 Å². The van der Waals surface area contributed by atoms with Gasteiger partial charge in [0.05, 0.1) is 5.69 Å². The highest BCUT2D eigenvalue weighted by Crippen LogP contribution is 2.17. The topological polar surface area (TPSA) is 28.2 Å². The van der Waals surface area contributed by atoms with Crippen LogP contribution >= 0.6 is 15.9 Å². The van der Waals surface area contributed by atoms with Gasteiger partial charge in [-0.05, 0) is 40.9 Å². The number of halogens is 1. The Bertz CT molecular complexity index is 379. The minimum Gasteiger partial charge on any atom is -0.311 e. The maximum absolute atomic E-state index is 4.51. The average molecular weight is 326 g/mol. The molecule has 0 saturated carbocycles. The zero-order valence-electron chi connectivity index (χ0n) is 11.9. The maximum Gasteiger partial charge on any atom is 0.0544 e. The average Bonchev–Trinajstić information content (AvgIpc) is 2.43. The van der Waals surface area contributed by atoms with Crippen molar-refractivity contribution in [2.75, 3.05) is 13.1 Å². The first-order valence-electron chi connectivity index (χ1n) is 7.30. The van der Waals surface area contributed by atoms with Crippen LogP contribution in [0.25, 0.3) is 0 Å². The van der Waals surface area contributed by atoms with Crippen LogP contribution in [0.5, 0.6) is 0 Å². The summed E-state index contributed by atoms with van der Waals surface area (Å²) in [5.74, 6) is 0. The zero-order chi connectivity index (χ0) is 13.7. The summed E-state index contributed by atoms with van der Waals surface area (Å²) in [6.07, 6.45) is 5.60.